The maximum atomic E-state index is 11.5. The number of aromatic amines is 1. The fourth-order valence-corrected chi connectivity index (χ4v) is 3.93. The number of morpholine rings is 1. The molecule has 0 radical (unpaired) electrons. The molecule has 1 aromatic rings. The summed E-state index contributed by atoms with van der Waals surface area (Å²) in [4.78, 5) is 7.72. The van der Waals surface area contributed by atoms with Gasteiger partial charge >= 0.3 is 0 Å². The molecular weight excluding hydrogens is 304 g/mol. The summed E-state index contributed by atoms with van der Waals surface area (Å²) in [5, 5.41) is 0. The standard InChI is InChI=1S/C14H24N4O3S/c1-22(19,20)18-6-4-16(5-7-18)11-14-12-17(8-9-21-14)13-2-3-15-10-13/h2-3,10,14-15H,4-9,11-12H2,1H3. The van der Waals surface area contributed by atoms with Gasteiger partial charge in [-0.3, -0.25) is 4.90 Å². The average molecular weight is 328 g/mol. The number of hydrogen-bond donors (Lipinski definition) is 1. The minimum absolute atomic E-state index is 0.174. The Hall–Kier alpha value is -1.09. The lowest BCUT2D eigenvalue weighted by Crippen LogP contribution is -2.53. The van der Waals surface area contributed by atoms with Crippen LogP contribution in [0.1, 0.15) is 0 Å². The van der Waals surface area contributed by atoms with Gasteiger partial charge < -0.3 is 14.6 Å². The zero-order chi connectivity index (χ0) is 15.6. The van der Waals surface area contributed by atoms with Crippen LogP contribution in [0, 0.1) is 0 Å². The predicted molar refractivity (Wildman–Crippen MR) is 85.6 cm³/mol. The summed E-state index contributed by atoms with van der Waals surface area (Å²) >= 11 is 0. The summed E-state index contributed by atoms with van der Waals surface area (Å²) < 4.78 is 30.5. The SMILES string of the molecule is CS(=O)(=O)N1CCN(CC2CN(c3cc[nH]c3)CCO2)CC1. The number of piperazine rings is 1. The first-order valence-corrected chi connectivity index (χ1v) is 9.54. The van der Waals surface area contributed by atoms with Gasteiger partial charge in [-0.25, -0.2) is 8.42 Å². The molecule has 0 aliphatic carbocycles. The highest BCUT2D eigenvalue weighted by Crippen LogP contribution is 2.17. The van der Waals surface area contributed by atoms with Crippen molar-refractivity contribution in [2.45, 2.75) is 6.10 Å². The number of ether oxygens (including phenoxy) is 1. The molecule has 1 aromatic heterocycles. The minimum atomic E-state index is -3.06. The Balaban J connectivity index is 1.49. The molecule has 0 saturated carbocycles. The lowest BCUT2D eigenvalue weighted by molar-refractivity contribution is 0.00993. The molecular formula is C14H24N4O3S. The smallest absolute Gasteiger partial charge is 0.211 e. The van der Waals surface area contributed by atoms with E-state index in [0.717, 1.165) is 39.3 Å². The van der Waals surface area contributed by atoms with Gasteiger partial charge in [0.05, 0.1) is 24.7 Å². The van der Waals surface area contributed by atoms with E-state index in [0.29, 0.717) is 13.1 Å². The van der Waals surface area contributed by atoms with Crippen LogP contribution in [0.4, 0.5) is 5.69 Å². The molecule has 1 unspecified atom stereocenters. The van der Waals surface area contributed by atoms with Crippen molar-refractivity contribution in [1.29, 1.82) is 0 Å². The first kappa shape index (κ1) is 15.8. The van der Waals surface area contributed by atoms with E-state index in [-0.39, 0.29) is 6.10 Å². The van der Waals surface area contributed by atoms with Crippen molar-refractivity contribution < 1.29 is 13.2 Å². The molecule has 2 aliphatic rings. The number of rotatable bonds is 4. The van der Waals surface area contributed by atoms with Crippen LogP contribution in [0.25, 0.3) is 0 Å². The third-order valence-corrected chi connectivity index (χ3v) is 5.65. The first-order valence-electron chi connectivity index (χ1n) is 7.69. The van der Waals surface area contributed by atoms with Gasteiger partial charge in [-0.05, 0) is 6.07 Å². The predicted octanol–water partition coefficient (Wildman–Crippen LogP) is -0.203. The third-order valence-electron chi connectivity index (χ3n) is 4.35. The second kappa shape index (κ2) is 6.57. The van der Waals surface area contributed by atoms with Crippen molar-refractivity contribution in [3.63, 3.8) is 0 Å². The van der Waals surface area contributed by atoms with E-state index < -0.39 is 10.0 Å². The normalized spacial score (nSPS) is 25.5. The first-order chi connectivity index (χ1) is 10.5. The molecule has 1 N–H and O–H groups in total. The Morgan fingerprint density at radius 2 is 2.05 bits per heavy atom. The maximum Gasteiger partial charge on any atom is 0.211 e. The number of hydrogen-bond acceptors (Lipinski definition) is 5. The molecule has 7 nitrogen and oxygen atoms in total. The van der Waals surface area contributed by atoms with Crippen LogP contribution in [0.2, 0.25) is 0 Å². The largest absolute Gasteiger partial charge is 0.373 e. The van der Waals surface area contributed by atoms with E-state index in [2.05, 4.69) is 20.9 Å². The molecule has 0 spiro atoms. The Bertz CT molecular complexity index is 567. The fraction of sp³-hybridized carbons (Fsp3) is 0.714. The Morgan fingerprint density at radius 3 is 2.68 bits per heavy atom. The van der Waals surface area contributed by atoms with Crippen LogP contribution in [0.3, 0.4) is 0 Å². The fourth-order valence-electron chi connectivity index (χ4n) is 3.11. The summed E-state index contributed by atoms with van der Waals surface area (Å²) in [5.74, 6) is 0. The molecule has 0 amide bonds. The number of nitrogens with zero attached hydrogens (tertiary/aromatic N) is 3. The van der Waals surface area contributed by atoms with Gasteiger partial charge in [0.15, 0.2) is 0 Å². The van der Waals surface area contributed by atoms with E-state index in [9.17, 15) is 8.42 Å². The second-order valence-electron chi connectivity index (χ2n) is 5.97. The van der Waals surface area contributed by atoms with Crippen molar-refractivity contribution in [2.75, 3.05) is 63.6 Å². The van der Waals surface area contributed by atoms with E-state index in [1.165, 1.54) is 11.9 Å². The van der Waals surface area contributed by atoms with Crippen LogP contribution < -0.4 is 4.90 Å². The summed E-state index contributed by atoms with van der Waals surface area (Å²) in [7, 11) is -3.06. The van der Waals surface area contributed by atoms with Gasteiger partial charge in [0.2, 0.25) is 10.0 Å². The highest BCUT2D eigenvalue weighted by Gasteiger charge is 2.27. The van der Waals surface area contributed by atoms with Crippen molar-refractivity contribution in [1.82, 2.24) is 14.2 Å². The zero-order valence-electron chi connectivity index (χ0n) is 12.9. The molecule has 3 rings (SSSR count). The molecule has 1 atom stereocenters. The molecule has 2 aliphatic heterocycles. The molecule has 0 aromatic carbocycles. The number of anilines is 1. The van der Waals surface area contributed by atoms with Gasteiger partial charge in [0.25, 0.3) is 0 Å². The molecule has 3 heterocycles. The van der Waals surface area contributed by atoms with Gasteiger partial charge in [-0.15, -0.1) is 0 Å². The highest BCUT2D eigenvalue weighted by molar-refractivity contribution is 7.88. The molecule has 22 heavy (non-hydrogen) atoms. The molecule has 2 saturated heterocycles. The van der Waals surface area contributed by atoms with Crippen molar-refractivity contribution in [2.24, 2.45) is 0 Å². The molecule has 0 bridgehead atoms. The third kappa shape index (κ3) is 3.81. The Labute approximate surface area is 131 Å². The van der Waals surface area contributed by atoms with Gasteiger partial charge in [0, 0.05) is 58.2 Å². The maximum absolute atomic E-state index is 11.5. The van der Waals surface area contributed by atoms with Crippen molar-refractivity contribution in [3.05, 3.63) is 18.5 Å². The summed E-state index contributed by atoms with van der Waals surface area (Å²) in [6.07, 6.45) is 5.40. The van der Waals surface area contributed by atoms with E-state index in [1.54, 1.807) is 4.31 Å². The van der Waals surface area contributed by atoms with E-state index in [4.69, 9.17) is 4.74 Å². The zero-order valence-corrected chi connectivity index (χ0v) is 13.8. The van der Waals surface area contributed by atoms with Crippen LogP contribution in [-0.2, 0) is 14.8 Å². The minimum Gasteiger partial charge on any atom is -0.373 e. The Morgan fingerprint density at radius 1 is 1.27 bits per heavy atom. The number of aromatic nitrogens is 1. The van der Waals surface area contributed by atoms with Gasteiger partial charge in [0.1, 0.15) is 0 Å². The lowest BCUT2D eigenvalue weighted by atomic mass is 10.2. The number of H-pyrrole nitrogens is 1. The quantitative estimate of drug-likeness (QED) is 0.829. The van der Waals surface area contributed by atoms with Crippen molar-refractivity contribution in [3.8, 4) is 0 Å². The summed E-state index contributed by atoms with van der Waals surface area (Å²) in [6, 6.07) is 2.08. The monoisotopic (exact) mass is 328 g/mol. The molecule has 8 heteroatoms. The van der Waals surface area contributed by atoms with Crippen LogP contribution >= 0.6 is 0 Å². The highest BCUT2D eigenvalue weighted by atomic mass is 32.2. The summed E-state index contributed by atoms with van der Waals surface area (Å²) in [5.41, 5.74) is 1.20. The van der Waals surface area contributed by atoms with Crippen LogP contribution in [0.5, 0.6) is 0 Å². The van der Waals surface area contributed by atoms with Crippen molar-refractivity contribution >= 4 is 15.7 Å². The van der Waals surface area contributed by atoms with E-state index >= 15 is 0 Å². The van der Waals surface area contributed by atoms with Gasteiger partial charge in [-0.1, -0.05) is 0 Å². The average Bonchev–Trinajstić information content (AvgIpc) is 3.01. The number of nitrogens with one attached hydrogen (secondary N) is 1. The second-order valence-corrected chi connectivity index (χ2v) is 7.95. The number of sulfonamides is 1. The Kier molecular flexibility index (Phi) is 4.72. The van der Waals surface area contributed by atoms with Crippen LogP contribution in [-0.4, -0.2) is 87.4 Å². The molecule has 124 valence electrons. The summed E-state index contributed by atoms with van der Waals surface area (Å²) in [6.45, 7) is 6.09. The van der Waals surface area contributed by atoms with Gasteiger partial charge in [-0.2, -0.15) is 4.31 Å². The topological polar surface area (TPSA) is 68.9 Å². The van der Waals surface area contributed by atoms with E-state index in [1.807, 2.05) is 12.4 Å². The van der Waals surface area contributed by atoms with Crippen LogP contribution in [0.15, 0.2) is 18.5 Å². The molecule has 2 fully saturated rings. The lowest BCUT2D eigenvalue weighted by Gasteiger charge is -2.39.